The second-order valence-electron chi connectivity index (χ2n) is 5.10. The first-order valence-electron chi connectivity index (χ1n) is 6.89. The topological polar surface area (TPSA) is 95.1 Å². The highest BCUT2D eigenvalue weighted by Gasteiger charge is 2.08. The SMILES string of the molecule is O=C(O)Nc1ccc2nc(Cc3ccc(Cl)c(Cl)c3)[nH]c(=O)c2c1. The number of halogens is 2. The number of amides is 1. The molecule has 24 heavy (non-hydrogen) atoms. The molecule has 0 aliphatic rings. The highest BCUT2D eigenvalue weighted by molar-refractivity contribution is 6.42. The van der Waals surface area contributed by atoms with Gasteiger partial charge in [0.15, 0.2) is 0 Å². The summed E-state index contributed by atoms with van der Waals surface area (Å²) in [5.74, 6) is 0.477. The van der Waals surface area contributed by atoms with Gasteiger partial charge in [0, 0.05) is 12.1 Å². The molecule has 8 heteroatoms. The Balaban J connectivity index is 1.97. The van der Waals surface area contributed by atoms with E-state index in [4.69, 9.17) is 28.3 Å². The van der Waals surface area contributed by atoms with Gasteiger partial charge in [-0.05, 0) is 35.9 Å². The minimum absolute atomic E-state index is 0.305. The average Bonchev–Trinajstić information content (AvgIpc) is 2.51. The van der Waals surface area contributed by atoms with Crippen LogP contribution in [0.1, 0.15) is 11.4 Å². The smallest absolute Gasteiger partial charge is 0.409 e. The molecule has 0 aliphatic carbocycles. The zero-order chi connectivity index (χ0) is 17.3. The van der Waals surface area contributed by atoms with Gasteiger partial charge in [-0.1, -0.05) is 29.3 Å². The van der Waals surface area contributed by atoms with Crippen LogP contribution in [-0.4, -0.2) is 21.2 Å². The van der Waals surface area contributed by atoms with Crippen molar-refractivity contribution < 1.29 is 9.90 Å². The first-order valence-corrected chi connectivity index (χ1v) is 7.65. The molecule has 3 N–H and O–H groups in total. The summed E-state index contributed by atoms with van der Waals surface area (Å²) in [4.78, 5) is 30.0. The molecule has 122 valence electrons. The molecule has 0 radical (unpaired) electrons. The molecule has 1 heterocycles. The summed E-state index contributed by atoms with van der Waals surface area (Å²) in [5, 5.41) is 12.1. The number of hydrogen-bond donors (Lipinski definition) is 3. The number of nitrogens with one attached hydrogen (secondary N) is 2. The van der Waals surface area contributed by atoms with Crippen molar-refractivity contribution in [3.63, 3.8) is 0 Å². The molecule has 0 atom stereocenters. The number of benzene rings is 2. The van der Waals surface area contributed by atoms with Crippen LogP contribution in [0.25, 0.3) is 10.9 Å². The van der Waals surface area contributed by atoms with E-state index >= 15 is 0 Å². The maximum absolute atomic E-state index is 12.2. The Morgan fingerprint density at radius 2 is 1.96 bits per heavy atom. The van der Waals surface area contributed by atoms with E-state index in [-0.39, 0.29) is 5.56 Å². The number of H-pyrrole nitrogens is 1. The monoisotopic (exact) mass is 363 g/mol. The van der Waals surface area contributed by atoms with Crippen molar-refractivity contribution in [3.05, 3.63) is 68.2 Å². The zero-order valence-electron chi connectivity index (χ0n) is 12.1. The molecule has 0 bridgehead atoms. The van der Waals surface area contributed by atoms with E-state index in [1.165, 1.54) is 6.07 Å². The van der Waals surface area contributed by atoms with Crippen molar-refractivity contribution in [2.24, 2.45) is 0 Å². The van der Waals surface area contributed by atoms with Gasteiger partial charge in [-0.2, -0.15) is 0 Å². The molecule has 0 saturated carbocycles. The predicted molar refractivity (Wildman–Crippen MR) is 93.3 cm³/mol. The minimum Gasteiger partial charge on any atom is -0.465 e. The van der Waals surface area contributed by atoms with Crippen molar-refractivity contribution in [1.82, 2.24) is 9.97 Å². The Bertz CT molecular complexity index is 1000. The lowest BCUT2D eigenvalue weighted by molar-refractivity contribution is 0.210. The van der Waals surface area contributed by atoms with Crippen LogP contribution in [0.5, 0.6) is 0 Å². The number of fused-ring (bicyclic) bond motifs is 1. The first-order chi connectivity index (χ1) is 11.4. The van der Waals surface area contributed by atoms with Crippen molar-refractivity contribution in [1.29, 1.82) is 0 Å². The Morgan fingerprint density at radius 3 is 2.67 bits per heavy atom. The maximum atomic E-state index is 12.2. The van der Waals surface area contributed by atoms with Crippen LogP contribution in [0.4, 0.5) is 10.5 Å². The second kappa shape index (κ2) is 6.51. The molecular weight excluding hydrogens is 353 g/mol. The fourth-order valence-corrected chi connectivity index (χ4v) is 2.64. The van der Waals surface area contributed by atoms with Crippen LogP contribution in [0.2, 0.25) is 10.0 Å². The van der Waals surface area contributed by atoms with Gasteiger partial charge in [0.2, 0.25) is 0 Å². The Morgan fingerprint density at radius 1 is 1.17 bits per heavy atom. The van der Waals surface area contributed by atoms with E-state index in [1.54, 1.807) is 30.3 Å². The van der Waals surface area contributed by atoms with Crippen LogP contribution >= 0.6 is 23.2 Å². The van der Waals surface area contributed by atoms with Crippen LogP contribution in [-0.2, 0) is 6.42 Å². The molecule has 6 nitrogen and oxygen atoms in total. The van der Waals surface area contributed by atoms with E-state index in [1.807, 2.05) is 0 Å². The van der Waals surface area contributed by atoms with Gasteiger partial charge in [-0.15, -0.1) is 0 Å². The molecule has 0 saturated heterocycles. The van der Waals surface area contributed by atoms with Crippen molar-refractivity contribution in [2.45, 2.75) is 6.42 Å². The van der Waals surface area contributed by atoms with E-state index in [0.717, 1.165) is 5.56 Å². The lowest BCUT2D eigenvalue weighted by Gasteiger charge is -2.06. The number of hydrogen-bond acceptors (Lipinski definition) is 3. The van der Waals surface area contributed by atoms with E-state index in [9.17, 15) is 9.59 Å². The normalized spacial score (nSPS) is 10.8. The molecule has 0 spiro atoms. The summed E-state index contributed by atoms with van der Waals surface area (Å²) < 4.78 is 0. The number of aromatic nitrogens is 2. The molecule has 3 aromatic rings. The molecule has 2 aromatic carbocycles. The third kappa shape index (κ3) is 3.50. The Hall–Kier alpha value is -2.57. The Labute approximate surface area is 146 Å². The summed E-state index contributed by atoms with van der Waals surface area (Å²) in [6, 6.07) is 9.78. The fraction of sp³-hybridized carbons (Fsp3) is 0.0625. The molecular formula is C16H11Cl2N3O3. The van der Waals surface area contributed by atoms with Crippen LogP contribution in [0.3, 0.4) is 0 Å². The van der Waals surface area contributed by atoms with Crippen molar-refractivity contribution in [2.75, 3.05) is 5.32 Å². The van der Waals surface area contributed by atoms with Gasteiger partial charge < -0.3 is 10.1 Å². The highest BCUT2D eigenvalue weighted by Crippen LogP contribution is 2.23. The van der Waals surface area contributed by atoms with Crippen LogP contribution < -0.4 is 10.9 Å². The minimum atomic E-state index is -1.20. The number of aromatic amines is 1. The number of anilines is 1. The van der Waals surface area contributed by atoms with E-state index < -0.39 is 6.09 Å². The number of carbonyl (C=O) groups is 1. The van der Waals surface area contributed by atoms with Gasteiger partial charge in [0.1, 0.15) is 5.82 Å². The molecule has 0 aliphatic heterocycles. The average molecular weight is 364 g/mol. The van der Waals surface area contributed by atoms with Crippen LogP contribution in [0, 0.1) is 0 Å². The third-order valence-corrected chi connectivity index (χ3v) is 4.10. The molecule has 0 fully saturated rings. The zero-order valence-corrected chi connectivity index (χ0v) is 13.6. The van der Waals surface area contributed by atoms with Gasteiger partial charge in [0.25, 0.3) is 5.56 Å². The summed E-state index contributed by atoms with van der Waals surface area (Å²) in [5.41, 5.74) is 1.30. The van der Waals surface area contributed by atoms with E-state index in [2.05, 4.69) is 15.3 Å². The Kier molecular flexibility index (Phi) is 4.42. The largest absolute Gasteiger partial charge is 0.465 e. The molecule has 3 rings (SSSR count). The van der Waals surface area contributed by atoms with Gasteiger partial charge >= 0.3 is 6.09 Å². The maximum Gasteiger partial charge on any atom is 0.409 e. The third-order valence-electron chi connectivity index (χ3n) is 3.36. The predicted octanol–water partition coefficient (Wildman–Crippen LogP) is 3.91. The lowest BCUT2D eigenvalue weighted by atomic mass is 10.1. The van der Waals surface area contributed by atoms with E-state index in [0.29, 0.717) is 38.9 Å². The molecule has 0 unspecified atom stereocenters. The highest BCUT2D eigenvalue weighted by atomic mass is 35.5. The van der Waals surface area contributed by atoms with Gasteiger partial charge in [0.05, 0.1) is 20.9 Å². The number of carboxylic acid groups (broad SMARTS) is 1. The second-order valence-corrected chi connectivity index (χ2v) is 5.91. The summed E-state index contributed by atoms with van der Waals surface area (Å²) in [6.07, 6.45) is -0.813. The lowest BCUT2D eigenvalue weighted by Crippen LogP contribution is -2.13. The number of nitrogens with zero attached hydrogens (tertiary/aromatic N) is 1. The van der Waals surface area contributed by atoms with Crippen LogP contribution in [0.15, 0.2) is 41.2 Å². The van der Waals surface area contributed by atoms with Crippen molar-refractivity contribution in [3.8, 4) is 0 Å². The van der Waals surface area contributed by atoms with Gasteiger partial charge in [-0.3, -0.25) is 10.1 Å². The van der Waals surface area contributed by atoms with Crippen molar-refractivity contribution >= 4 is 45.9 Å². The quantitative estimate of drug-likeness (QED) is 0.657. The fourth-order valence-electron chi connectivity index (χ4n) is 2.32. The van der Waals surface area contributed by atoms with Gasteiger partial charge in [-0.25, -0.2) is 9.78 Å². The summed E-state index contributed by atoms with van der Waals surface area (Å²) in [7, 11) is 0. The molecule has 1 aromatic heterocycles. The molecule has 1 amide bonds. The summed E-state index contributed by atoms with van der Waals surface area (Å²) >= 11 is 11.9. The summed E-state index contributed by atoms with van der Waals surface area (Å²) in [6.45, 7) is 0. The first kappa shape index (κ1) is 16.3. The standard InChI is InChI=1S/C16H11Cl2N3O3/c17-11-3-1-8(5-12(11)18)6-14-20-13-4-2-9(19-16(23)24)7-10(13)15(22)21-14/h1-5,7,19H,6H2,(H,23,24)(H,20,21,22). The number of rotatable bonds is 3.